The average molecular weight is 424 g/mol. The summed E-state index contributed by atoms with van der Waals surface area (Å²) in [7, 11) is 0. The Kier molecular flexibility index (Phi) is 7.32. The molecule has 158 valence electrons. The maximum absolute atomic E-state index is 13.2. The van der Waals surface area contributed by atoms with Crippen LogP contribution in [0.1, 0.15) is 48.7 Å². The second-order valence-electron chi connectivity index (χ2n) is 7.97. The van der Waals surface area contributed by atoms with Crippen molar-refractivity contribution in [2.45, 2.75) is 51.6 Å². The zero-order valence-electron chi connectivity index (χ0n) is 18.1. The van der Waals surface area contributed by atoms with Crippen molar-refractivity contribution in [3.8, 4) is 0 Å². The Morgan fingerprint density at radius 1 is 1.20 bits per heavy atom. The van der Waals surface area contributed by atoms with Crippen LogP contribution < -0.4 is 10.9 Å². The van der Waals surface area contributed by atoms with E-state index in [2.05, 4.69) is 44.3 Å². The van der Waals surface area contributed by atoms with E-state index in [1.165, 1.54) is 11.1 Å². The molecule has 0 saturated heterocycles. The first-order chi connectivity index (χ1) is 14.4. The SMILES string of the molecule is CCCNC(=O)c1ccc2c(=O)n(CC(C)C)c(SCc3cccc(C)c3)nc2c1. The Hall–Kier alpha value is -2.60. The zero-order chi connectivity index (χ0) is 21.7. The molecular formula is C24H29N3O2S. The number of rotatable bonds is 8. The maximum atomic E-state index is 13.2. The number of carbonyl (C=O) groups excluding carboxylic acids is 1. The van der Waals surface area contributed by atoms with E-state index in [4.69, 9.17) is 4.98 Å². The topological polar surface area (TPSA) is 64.0 Å². The third-order valence-corrected chi connectivity index (χ3v) is 5.76. The summed E-state index contributed by atoms with van der Waals surface area (Å²) in [5, 5.41) is 4.11. The Bertz CT molecular complexity index is 1110. The van der Waals surface area contributed by atoms with E-state index >= 15 is 0 Å². The number of aromatic nitrogens is 2. The fourth-order valence-corrected chi connectivity index (χ4v) is 4.22. The molecule has 5 nitrogen and oxygen atoms in total. The molecule has 0 radical (unpaired) electrons. The number of nitrogens with zero attached hydrogens (tertiary/aromatic N) is 2. The van der Waals surface area contributed by atoms with Gasteiger partial charge < -0.3 is 5.32 Å². The lowest BCUT2D eigenvalue weighted by atomic mass is 10.1. The van der Waals surface area contributed by atoms with Crippen molar-refractivity contribution in [3.63, 3.8) is 0 Å². The van der Waals surface area contributed by atoms with E-state index in [1.807, 2.05) is 13.0 Å². The van der Waals surface area contributed by atoms with Gasteiger partial charge in [-0.2, -0.15) is 0 Å². The fourth-order valence-electron chi connectivity index (χ4n) is 3.27. The molecule has 1 aromatic heterocycles. The van der Waals surface area contributed by atoms with Crippen LogP contribution in [0.4, 0.5) is 0 Å². The molecule has 0 aliphatic carbocycles. The molecule has 0 atom stereocenters. The number of amides is 1. The molecule has 0 bridgehead atoms. The van der Waals surface area contributed by atoms with Gasteiger partial charge in [-0.3, -0.25) is 14.2 Å². The number of nitrogens with one attached hydrogen (secondary N) is 1. The second kappa shape index (κ2) is 9.94. The van der Waals surface area contributed by atoms with E-state index in [0.717, 1.165) is 12.2 Å². The number of hydrogen-bond acceptors (Lipinski definition) is 4. The largest absolute Gasteiger partial charge is 0.352 e. The van der Waals surface area contributed by atoms with Crippen molar-refractivity contribution in [1.29, 1.82) is 0 Å². The summed E-state index contributed by atoms with van der Waals surface area (Å²) in [6.07, 6.45) is 0.872. The summed E-state index contributed by atoms with van der Waals surface area (Å²) in [5.74, 6) is 0.911. The Balaban J connectivity index is 2.00. The highest BCUT2D eigenvalue weighted by atomic mass is 32.2. The normalized spacial score (nSPS) is 11.2. The minimum absolute atomic E-state index is 0.0547. The predicted octanol–water partition coefficient (Wildman–Crippen LogP) is 4.79. The molecule has 0 fully saturated rings. The number of thioether (sulfide) groups is 1. The molecule has 0 aliphatic rings. The van der Waals surface area contributed by atoms with Gasteiger partial charge in [-0.25, -0.2) is 4.98 Å². The van der Waals surface area contributed by atoms with Gasteiger partial charge in [-0.05, 0) is 43.0 Å². The molecule has 0 aliphatic heterocycles. The van der Waals surface area contributed by atoms with E-state index in [9.17, 15) is 9.59 Å². The highest BCUT2D eigenvalue weighted by molar-refractivity contribution is 7.98. The van der Waals surface area contributed by atoms with Gasteiger partial charge in [0.15, 0.2) is 5.16 Å². The maximum Gasteiger partial charge on any atom is 0.262 e. The first-order valence-electron chi connectivity index (χ1n) is 10.4. The monoisotopic (exact) mass is 423 g/mol. The Labute approximate surface area is 181 Å². The molecule has 30 heavy (non-hydrogen) atoms. The number of carbonyl (C=O) groups is 1. The molecule has 1 N–H and O–H groups in total. The van der Waals surface area contributed by atoms with Crippen LogP contribution in [0.2, 0.25) is 0 Å². The quantitative estimate of drug-likeness (QED) is 0.418. The third-order valence-electron chi connectivity index (χ3n) is 4.72. The van der Waals surface area contributed by atoms with Gasteiger partial charge >= 0.3 is 0 Å². The van der Waals surface area contributed by atoms with Gasteiger partial charge in [0.1, 0.15) is 0 Å². The van der Waals surface area contributed by atoms with Gasteiger partial charge in [-0.15, -0.1) is 0 Å². The van der Waals surface area contributed by atoms with Crippen LogP contribution in [0.25, 0.3) is 10.9 Å². The molecule has 0 unspecified atom stereocenters. The standard InChI is InChI=1S/C24H29N3O2S/c1-5-11-25-22(28)19-9-10-20-21(13-19)26-24(27(23(20)29)14-16(2)3)30-15-18-8-6-7-17(4)12-18/h6-10,12-13,16H,5,11,14-15H2,1-4H3,(H,25,28). The molecule has 0 spiro atoms. The lowest BCUT2D eigenvalue weighted by Gasteiger charge is -2.15. The van der Waals surface area contributed by atoms with Crippen molar-refractivity contribution < 1.29 is 4.79 Å². The summed E-state index contributed by atoms with van der Waals surface area (Å²) >= 11 is 1.56. The van der Waals surface area contributed by atoms with Crippen LogP contribution >= 0.6 is 11.8 Å². The van der Waals surface area contributed by atoms with Gasteiger partial charge in [-0.1, -0.05) is 62.4 Å². The van der Waals surface area contributed by atoms with Crippen LogP contribution in [-0.2, 0) is 12.3 Å². The number of benzene rings is 2. The van der Waals surface area contributed by atoms with E-state index in [1.54, 1.807) is 34.5 Å². The molecule has 3 rings (SSSR count). The van der Waals surface area contributed by atoms with Crippen LogP contribution in [0.5, 0.6) is 0 Å². The minimum atomic E-state index is -0.138. The molecule has 3 aromatic rings. The summed E-state index contributed by atoms with van der Waals surface area (Å²) in [5.41, 5.74) is 3.44. The molecule has 2 aromatic carbocycles. The van der Waals surface area contributed by atoms with Crippen LogP contribution in [0.3, 0.4) is 0 Å². The van der Waals surface area contributed by atoms with E-state index in [-0.39, 0.29) is 11.5 Å². The number of aryl methyl sites for hydroxylation is 1. The average Bonchev–Trinajstić information content (AvgIpc) is 2.72. The van der Waals surface area contributed by atoms with Crippen LogP contribution in [0, 0.1) is 12.8 Å². The first kappa shape index (κ1) is 22.1. The van der Waals surface area contributed by atoms with Gasteiger partial charge in [0.05, 0.1) is 10.9 Å². The van der Waals surface area contributed by atoms with Crippen molar-refractivity contribution in [3.05, 3.63) is 69.5 Å². The molecule has 6 heteroatoms. The van der Waals surface area contributed by atoms with Crippen LogP contribution in [-0.4, -0.2) is 22.0 Å². The highest BCUT2D eigenvalue weighted by Crippen LogP contribution is 2.24. The Morgan fingerprint density at radius 3 is 2.70 bits per heavy atom. The highest BCUT2D eigenvalue weighted by Gasteiger charge is 2.15. The van der Waals surface area contributed by atoms with E-state index < -0.39 is 0 Å². The van der Waals surface area contributed by atoms with E-state index in [0.29, 0.717) is 40.6 Å². The van der Waals surface area contributed by atoms with Gasteiger partial charge in [0.2, 0.25) is 0 Å². The third kappa shape index (κ3) is 5.30. The smallest absolute Gasteiger partial charge is 0.262 e. The summed E-state index contributed by atoms with van der Waals surface area (Å²) in [4.78, 5) is 30.4. The van der Waals surface area contributed by atoms with Crippen molar-refractivity contribution >= 4 is 28.6 Å². The second-order valence-corrected chi connectivity index (χ2v) is 8.91. The summed E-state index contributed by atoms with van der Waals surface area (Å²) in [6.45, 7) is 9.49. The van der Waals surface area contributed by atoms with Crippen LogP contribution in [0.15, 0.2) is 52.4 Å². The molecule has 1 heterocycles. The number of fused-ring (bicyclic) bond motifs is 1. The minimum Gasteiger partial charge on any atom is -0.352 e. The predicted molar refractivity (Wildman–Crippen MR) is 124 cm³/mol. The number of hydrogen-bond donors (Lipinski definition) is 1. The zero-order valence-corrected chi connectivity index (χ0v) is 18.9. The van der Waals surface area contributed by atoms with Crippen molar-refractivity contribution in [1.82, 2.24) is 14.9 Å². The summed E-state index contributed by atoms with van der Waals surface area (Å²) in [6, 6.07) is 13.5. The molecule has 1 amide bonds. The Morgan fingerprint density at radius 2 is 2.00 bits per heavy atom. The van der Waals surface area contributed by atoms with Gasteiger partial charge in [0, 0.05) is 24.4 Å². The first-order valence-corrected chi connectivity index (χ1v) is 11.4. The summed E-state index contributed by atoms with van der Waals surface area (Å²) < 4.78 is 1.77. The molecule has 0 saturated carbocycles. The van der Waals surface area contributed by atoms with Gasteiger partial charge in [0.25, 0.3) is 11.5 Å². The lowest BCUT2D eigenvalue weighted by molar-refractivity contribution is 0.0954. The molecular weight excluding hydrogens is 394 g/mol. The van der Waals surface area contributed by atoms with Crippen molar-refractivity contribution in [2.24, 2.45) is 5.92 Å². The lowest BCUT2D eigenvalue weighted by Crippen LogP contribution is -2.26. The fraction of sp³-hybridized carbons (Fsp3) is 0.375. The van der Waals surface area contributed by atoms with Crippen molar-refractivity contribution in [2.75, 3.05) is 6.54 Å².